The van der Waals surface area contributed by atoms with E-state index in [1.54, 1.807) is 6.92 Å². The molecular formula is C14H17BrFNO4. The standard InChI is InChI=1S/C14H17BrFNO4/c1-3-8(2)13(14(19)20)17-12(18)7-21-11-5-4-9(16)6-10(11)15/h4-6,8,13H,3,7H2,1-2H3,(H,17,18)(H,19,20). The van der Waals surface area contributed by atoms with Gasteiger partial charge in [0.05, 0.1) is 4.47 Å². The Morgan fingerprint density at radius 2 is 2.14 bits per heavy atom. The van der Waals surface area contributed by atoms with Gasteiger partial charge in [-0.25, -0.2) is 9.18 Å². The minimum absolute atomic E-state index is 0.191. The molecule has 0 spiro atoms. The number of carboxylic acids is 1. The molecule has 2 unspecified atom stereocenters. The zero-order valence-electron chi connectivity index (χ0n) is 11.7. The summed E-state index contributed by atoms with van der Waals surface area (Å²) in [6, 6.07) is 2.85. The summed E-state index contributed by atoms with van der Waals surface area (Å²) in [7, 11) is 0. The Bertz CT molecular complexity index is 524. The number of carbonyl (C=O) groups is 2. The average Bonchev–Trinajstić information content (AvgIpc) is 2.42. The van der Waals surface area contributed by atoms with E-state index in [9.17, 15) is 14.0 Å². The van der Waals surface area contributed by atoms with Crippen LogP contribution >= 0.6 is 15.9 Å². The predicted molar refractivity (Wildman–Crippen MR) is 78.6 cm³/mol. The number of carbonyl (C=O) groups excluding carboxylic acids is 1. The lowest BCUT2D eigenvalue weighted by Gasteiger charge is -2.20. The number of carboxylic acid groups (broad SMARTS) is 1. The van der Waals surface area contributed by atoms with Gasteiger partial charge in [0, 0.05) is 0 Å². The second-order valence-electron chi connectivity index (χ2n) is 4.63. The second-order valence-corrected chi connectivity index (χ2v) is 5.49. The van der Waals surface area contributed by atoms with Crippen LogP contribution in [0.2, 0.25) is 0 Å². The van der Waals surface area contributed by atoms with Crippen molar-refractivity contribution in [3.05, 3.63) is 28.5 Å². The fourth-order valence-electron chi connectivity index (χ4n) is 1.63. The maximum Gasteiger partial charge on any atom is 0.326 e. The number of hydrogen-bond donors (Lipinski definition) is 2. The van der Waals surface area contributed by atoms with Gasteiger partial charge in [0.25, 0.3) is 5.91 Å². The van der Waals surface area contributed by atoms with Crippen LogP contribution in [0.3, 0.4) is 0 Å². The molecule has 0 bridgehead atoms. The summed E-state index contributed by atoms with van der Waals surface area (Å²) in [6.45, 7) is 3.25. The first-order valence-electron chi connectivity index (χ1n) is 6.45. The first kappa shape index (κ1) is 17.4. The summed E-state index contributed by atoms with van der Waals surface area (Å²) in [6.07, 6.45) is 0.627. The van der Waals surface area contributed by atoms with Crippen LogP contribution in [0, 0.1) is 11.7 Å². The molecule has 2 atom stereocenters. The largest absolute Gasteiger partial charge is 0.483 e. The molecule has 1 amide bonds. The van der Waals surface area contributed by atoms with Crippen LogP contribution in [0.25, 0.3) is 0 Å². The van der Waals surface area contributed by atoms with Gasteiger partial charge in [-0.15, -0.1) is 0 Å². The van der Waals surface area contributed by atoms with Gasteiger partial charge >= 0.3 is 5.97 Å². The van der Waals surface area contributed by atoms with Gasteiger partial charge in [0.15, 0.2) is 6.61 Å². The average molecular weight is 362 g/mol. The van der Waals surface area contributed by atoms with Crippen LogP contribution in [-0.2, 0) is 9.59 Å². The fraction of sp³-hybridized carbons (Fsp3) is 0.429. The number of amides is 1. The maximum atomic E-state index is 12.9. The van der Waals surface area contributed by atoms with Crippen molar-refractivity contribution in [2.75, 3.05) is 6.61 Å². The summed E-state index contributed by atoms with van der Waals surface area (Å²) in [5.41, 5.74) is 0. The third kappa shape index (κ3) is 5.34. The number of halogens is 2. The minimum Gasteiger partial charge on any atom is -0.483 e. The lowest BCUT2D eigenvalue weighted by molar-refractivity contribution is -0.143. The van der Waals surface area contributed by atoms with Crippen molar-refractivity contribution in [3.63, 3.8) is 0 Å². The molecule has 0 aliphatic heterocycles. The highest BCUT2D eigenvalue weighted by molar-refractivity contribution is 9.10. The Balaban J connectivity index is 2.58. The van der Waals surface area contributed by atoms with Gasteiger partial charge in [-0.05, 0) is 40.0 Å². The third-order valence-electron chi connectivity index (χ3n) is 3.05. The zero-order chi connectivity index (χ0) is 16.0. The third-order valence-corrected chi connectivity index (χ3v) is 3.67. The molecule has 116 valence electrons. The molecule has 0 saturated heterocycles. The van der Waals surface area contributed by atoms with E-state index in [1.807, 2.05) is 6.92 Å². The number of ether oxygens (including phenoxy) is 1. The number of rotatable bonds is 7. The van der Waals surface area contributed by atoms with Crippen LogP contribution in [-0.4, -0.2) is 29.6 Å². The molecule has 5 nitrogen and oxygen atoms in total. The van der Waals surface area contributed by atoms with Crippen molar-refractivity contribution in [1.82, 2.24) is 5.32 Å². The van der Waals surface area contributed by atoms with Crippen molar-refractivity contribution in [3.8, 4) is 5.75 Å². The molecule has 21 heavy (non-hydrogen) atoms. The molecule has 1 aromatic carbocycles. The van der Waals surface area contributed by atoms with E-state index in [1.165, 1.54) is 18.2 Å². The SMILES string of the molecule is CCC(C)C(NC(=O)COc1ccc(F)cc1Br)C(=O)O. The fourth-order valence-corrected chi connectivity index (χ4v) is 2.10. The Labute approximate surface area is 130 Å². The first-order valence-corrected chi connectivity index (χ1v) is 7.24. The molecule has 0 saturated carbocycles. The van der Waals surface area contributed by atoms with Gasteiger partial charge in [-0.3, -0.25) is 4.79 Å². The number of aliphatic carboxylic acids is 1. The van der Waals surface area contributed by atoms with Crippen LogP contribution in [0.4, 0.5) is 4.39 Å². The Morgan fingerprint density at radius 3 is 2.67 bits per heavy atom. The van der Waals surface area contributed by atoms with E-state index in [2.05, 4.69) is 21.2 Å². The molecule has 7 heteroatoms. The molecule has 0 heterocycles. The van der Waals surface area contributed by atoms with Crippen molar-refractivity contribution in [2.45, 2.75) is 26.3 Å². The van der Waals surface area contributed by atoms with E-state index in [4.69, 9.17) is 9.84 Å². The van der Waals surface area contributed by atoms with E-state index >= 15 is 0 Å². The normalized spacial score (nSPS) is 13.3. The smallest absolute Gasteiger partial charge is 0.326 e. The number of nitrogens with one attached hydrogen (secondary N) is 1. The highest BCUT2D eigenvalue weighted by Crippen LogP contribution is 2.25. The van der Waals surface area contributed by atoms with E-state index in [0.29, 0.717) is 16.6 Å². The highest BCUT2D eigenvalue weighted by atomic mass is 79.9. The van der Waals surface area contributed by atoms with Gasteiger partial charge < -0.3 is 15.2 Å². The van der Waals surface area contributed by atoms with Crippen LogP contribution < -0.4 is 10.1 Å². The summed E-state index contributed by atoms with van der Waals surface area (Å²) in [5.74, 6) is -1.94. The minimum atomic E-state index is -1.08. The zero-order valence-corrected chi connectivity index (χ0v) is 13.3. The Hall–Kier alpha value is -1.63. The van der Waals surface area contributed by atoms with Crippen molar-refractivity contribution < 1.29 is 23.8 Å². The molecule has 1 rings (SSSR count). The van der Waals surface area contributed by atoms with Crippen molar-refractivity contribution in [1.29, 1.82) is 0 Å². The summed E-state index contributed by atoms with van der Waals surface area (Å²) in [5, 5.41) is 11.5. The molecule has 0 aliphatic rings. The predicted octanol–water partition coefficient (Wildman–Crippen LogP) is 2.58. The molecule has 0 fully saturated rings. The Morgan fingerprint density at radius 1 is 1.48 bits per heavy atom. The van der Waals surface area contributed by atoms with Crippen LogP contribution in [0.1, 0.15) is 20.3 Å². The van der Waals surface area contributed by atoms with Crippen molar-refractivity contribution >= 4 is 27.8 Å². The van der Waals surface area contributed by atoms with Crippen LogP contribution in [0.15, 0.2) is 22.7 Å². The number of hydrogen-bond acceptors (Lipinski definition) is 3. The van der Waals surface area contributed by atoms with Gasteiger partial charge in [0.1, 0.15) is 17.6 Å². The van der Waals surface area contributed by atoms with Crippen molar-refractivity contribution in [2.24, 2.45) is 5.92 Å². The molecule has 0 radical (unpaired) electrons. The van der Waals surface area contributed by atoms with Gasteiger partial charge in [0.2, 0.25) is 0 Å². The molecule has 1 aromatic rings. The second kappa shape index (κ2) is 7.97. The van der Waals surface area contributed by atoms with E-state index < -0.39 is 23.7 Å². The molecule has 0 aromatic heterocycles. The molecule has 2 N–H and O–H groups in total. The topological polar surface area (TPSA) is 75.6 Å². The summed E-state index contributed by atoms with van der Waals surface area (Å²) >= 11 is 3.11. The lowest BCUT2D eigenvalue weighted by Crippen LogP contribution is -2.46. The molecule has 0 aliphatic carbocycles. The maximum absolute atomic E-state index is 12.9. The highest BCUT2D eigenvalue weighted by Gasteiger charge is 2.25. The lowest BCUT2D eigenvalue weighted by atomic mass is 9.99. The monoisotopic (exact) mass is 361 g/mol. The summed E-state index contributed by atoms with van der Waals surface area (Å²) < 4.78 is 18.5. The Kier molecular flexibility index (Phi) is 6.61. The quantitative estimate of drug-likeness (QED) is 0.782. The van der Waals surface area contributed by atoms with E-state index in [-0.39, 0.29) is 12.5 Å². The number of benzene rings is 1. The summed E-state index contributed by atoms with van der Waals surface area (Å²) in [4.78, 5) is 22.8. The van der Waals surface area contributed by atoms with Crippen LogP contribution in [0.5, 0.6) is 5.75 Å². The van der Waals surface area contributed by atoms with Gasteiger partial charge in [-0.2, -0.15) is 0 Å². The van der Waals surface area contributed by atoms with Gasteiger partial charge in [-0.1, -0.05) is 20.3 Å². The molecular weight excluding hydrogens is 345 g/mol. The van der Waals surface area contributed by atoms with E-state index in [0.717, 1.165) is 0 Å². The first-order chi connectivity index (χ1) is 9.85.